The van der Waals surface area contributed by atoms with Crippen LogP contribution in [0.15, 0.2) is 12.1 Å². The van der Waals surface area contributed by atoms with Crippen molar-refractivity contribution in [1.29, 1.82) is 0 Å². The van der Waals surface area contributed by atoms with E-state index in [1.165, 1.54) is 40.4 Å². The van der Waals surface area contributed by atoms with Gasteiger partial charge in [-0.15, -0.1) is 0 Å². The van der Waals surface area contributed by atoms with E-state index in [9.17, 15) is 19.5 Å². The molecule has 1 atom stereocenters. The Labute approximate surface area is 150 Å². The summed E-state index contributed by atoms with van der Waals surface area (Å²) in [5.74, 6) is -1.61. The van der Waals surface area contributed by atoms with Gasteiger partial charge in [0.05, 0.1) is 38.9 Å². The molecule has 0 aliphatic carbocycles. The minimum Gasteiger partial charge on any atom is -0.493 e. The number of carbonyl (C=O) groups excluding carboxylic acids is 1. The molecule has 0 bridgehead atoms. The summed E-state index contributed by atoms with van der Waals surface area (Å²) in [4.78, 5) is 34.2. The molecule has 1 aromatic rings. The van der Waals surface area contributed by atoms with Crippen LogP contribution in [0.5, 0.6) is 17.2 Å². The van der Waals surface area contributed by atoms with Crippen molar-refractivity contribution in [3.63, 3.8) is 0 Å². The summed E-state index contributed by atoms with van der Waals surface area (Å²) in [6.45, 7) is 0.869. The number of hydrogen-bond donors (Lipinski definition) is 4. The predicted molar refractivity (Wildman–Crippen MR) is 91.1 cm³/mol. The summed E-state index contributed by atoms with van der Waals surface area (Å²) < 4.78 is 15.5. The highest BCUT2D eigenvalue weighted by atomic mass is 16.5. The Morgan fingerprint density at radius 1 is 1.04 bits per heavy atom. The van der Waals surface area contributed by atoms with Crippen molar-refractivity contribution in [1.82, 2.24) is 5.32 Å². The van der Waals surface area contributed by atoms with E-state index in [0.717, 1.165) is 0 Å². The molecule has 10 heteroatoms. The van der Waals surface area contributed by atoms with E-state index in [0.29, 0.717) is 22.9 Å². The van der Waals surface area contributed by atoms with Gasteiger partial charge in [-0.3, -0.25) is 9.59 Å². The monoisotopic (exact) mass is 370 g/mol. The average molecular weight is 370 g/mol. The number of hydrogen-bond acceptors (Lipinski definition) is 6. The Kier molecular flexibility index (Phi) is 7.06. The highest BCUT2D eigenvalue weighted by Crippen LogP contribution is 2.39. The van der Waals surface area contributed by atoms with E-state index in [2.05, 4.69) is 10.6 Å². The SMILES string of the molecule is COc1cc(NC(=O)NCC(C)(CC(=O)O)C(=O)O)cc(OC)c1OC. The van der Waals surface area contributed by atoms with Gasteiger partial charge >= 0.3 is 18.0 Å². The van der Waals surface area contributed by atoms with Crippen LogP contribution in [0, 0.1) is 5.41 Å². The van der Waals surface area contributed by atoms with Crippen LogP contribution in [0.4, 0.5) is 10.5 Å². The second-order valence-electron chi connectivity index (χ2n) is 5.66. The van der Waals surface area contributed by atoms with Crippen LogP contribution in [0.3, 0.4) is 0 Å². The number of anilines is 1. The smallest absolute Gasteiger partial charge is 0.319 e. The van der Waals surface area contributed by atoms with E-state index in [1.54, 1.807) is 0 Å². The normalized spacial score (nSPS) is 12.5. The molecule has 1 aromatic carbocycles. The van der Waals surface area contributed by atoms with Crippen LogP contribution >= 0.6 is 0 Å². The molecule has 26 heavy (non-hydrogen) atoms. The first-order valence-corrected chi connectivity index (χ1v) is 7.47. The Morgan fingerprint density at radius 2 is 1.58 bits per heavy atom. The molecular weight excluding hydrogens is 348 g/mol. The number of ether oxygens (including phenoxy) is 3. The number of carbonyl (C=O) groups is 3. The van der Waals surface area contributed by atoms with Crippen molar-refractivity contribution >= 4 is 23.7 Å². The number of amides is 2. The van der Waals surface area contributed by atoms with Crippen molar-refractivity contribution in [3.8, 4) is 17.2 Å². The summed E-state index contributed by atoms with van der Waals surface area (Å²) in [6, 6.07) is 2.28. The third-order valence-electron chi connectivity index (χ3n) is 3.62. The Bertz CT molecular complexity index is 666. The van der Waals surface area contributed by atoms with Gasteiger partial charge in [0.1, 0.15) is 0 Å². The van der Waals surface area contributed by atoms with Crippen LogP contribution < -0.4 is 24.8 Å². The lowest BCUT2D eigenvalue weighted by molar-refractivity contribution is -0.154. The second kappa shape index (κ2) is 8.79. The quantitative estimate of drug-likeness (QED) is 0.511. The zero-order valence-electron chi connectivity index (χ0n) is 14.9. The number of methoxy groups -OCH3 is 3. The molecule has 0 saturated heterocycles. The van der Waals surface area contributed by atoms with Crippen LogP contribution in [0.25, 0.3) is 0 Å². The highest BCUT2D eigenvalue weighted by molar-refractivity contribution is 5.91. The summed E-state index contributed by atoms with van der Waals surface area (Å²) in [5.41, 5.74) is -1.33. The van der Waals surface area contributed by atoms with Gasteiger partial charge in [-0.2, -0.15) is 0 Å². The van der Waals surface area contributed by atoms with Crippen molar-refractivity contribution in [2.45, 2.75) is 13.3 Å². The first kappa shape index (κ1) is 20.9. The van der Waals surface area contributed by atoms with E-state index < -0.39 is 29.8 Å². The third kappa shape index (κ3) is 5.16. The van der Waals surface area contributed by atoms with Gasteiger partial charge in [-0.05, 0) is 6.92 Å². The standard InChI is InChI=1S/C16H22N2O8/c1-16(14(21)22,7-12(19)20)8-17-15(23)18-9-5-10(24-2)13(26-4)11(6-9)25-3/h5-6H,7-8H2,1-4H3,(H,19,20)(H,21,22)(H2,17,18,23). The van der Waals surface area contributed by atoms with Gasteiger partial charge in [0.25, 0.3) is 0 Å². The lowest BCUT2D eigenvalue weighted by atomic mass is 9.87. The maximum atomic E-state index is 12.0. The molecule has 0 aromatic heterocycles. The molecular formula is C16H22N2O8. The molecule has 4 N–H and O–H groups in total. The van der Waals surface area contributed by atoms with Gasteiger partial charge in [0, 0.05) is 18.7 Å². The summed E-state index contributed by atoms with van der Waals surface area (Å²) in [7, 11) is 4.28. The fraction of sp³-hybridized carbons (Fsp3) is 0.438. The number of carboxylic acid groups (broad SMARTS) is 2. The number of urea groups is 1. The van der Waals surface area contributed by atoms with Crippen LogP contribution in [0.2, 0.25) is 0 Å². The Morgan fingerprint density at radius 3 is 1.96 bits per heavy atom. The summed E-state index contributed by atoms with van der Waals surface area (Å²) in [5, 5.41) is 22.9. The molecule has 0 heterocycles. The van der Waals surface area contributed by atoms with Crippen molar-refractivity contribution < 1.29 is 38.8 Å². The second-order valence-corrected chi connectivity index (χ2v) is 5.66. The minimum atomic E-state index is -1.64. The molecule has 2 amide bonds. The number of carboxylic acids is 2. The van der Waals surface area contributed by atoms with Gasteiger partial charge in [0.2, 0.25) is 5.75 Å². The number of benzene rings is 1. The fourth-order valence-electron chi connectivity index (χ4n) is 2.15. The molecule has 0 spiro atoms. The van der Waals surface area contributed by atoms with E-state index in [-0.39, 0.29) is 6.54 Å². The predicted octanol–water partition coefficient (Wildman–Crippen LogP) is 1.40. The first-order valence-electron chi connectivity index (χ1n) is 7.47. The maximum Gasteiger partial charge on any atom is 0.319 e. The topological polar surface area (TPSA) is 143 Å². The fourth-order valence-corrected chi connectivity index (χ4v) is 2.15. The number of aliphatic carboxylic acids is 2. The van der Waals surface area contributed by atoms with E-state index in [4.69, 9.17) is 19.3 Å². The molecule has 1 unspecified atom stereocenters. The lowest BCUT2D eigenvalue weighted by Crippen LogP contribution is -2.43. The van der Waals surface area contributed by atoms with Gasteiger partial charge < -0.3 is 35.1 Å². The van der Waals surface area contributed by atoms with Gasteiger partial charge in [0.15, 0.2) is 11.5 Å². The van der Waals surface area contributed by atoms with Crippen molar-refractivity contribution in [2.24, 2.45) is 5.41 Å². The van der Waals surface area contributed by atoms with Crippen LogP contribution in [-0.2, 0) is 9.59 Å². The zero-order valence-corrected chi connectivity index (χ0v) is 14.9. The highest BCUT2D eigenvalue weighted by Gasteiger charge is 2.36. The lowest BCUT2D eigenvalue weighted by Gasteiger charge is -2.23. The third-order valence-corrected chi connectivity index (χ3v) is 3.62. The van der Waals surface area contributed by atoms with Crippen molar-refractivity contribution in [3.05, 3.63) is 12.1 Å². The van der Waals surface area contributed by atoms with Crippen LogP contribution in [0.1, 0.15) is 13.3 Å². The molecule has 0 saturated carbocycles. The zero-order chi connectivity index (χ0) is 19.9. The minimum absolute atomic E-state index is 0.312. The van der Waals surface area contributed by atoms with E-state index in [1.807, 2.05) is 0 Å². The van der Waals surface area contributed by atoms with Gasteiger partial charge in [-0.1, -0.05) is 0 Å². The number of rotatable bonds is 9. The average Bonchev–Trinajstić information content (AvgIpc) is 2.58. The molecule has 1 rings (SSSR count). The Hall–Kier alpha value is -3.17. The molecule has 144 valence electrons. The molecule has 0 radical (unpaired) electrons. The molecule has 0 fully saturated rings. The first-order chi connectivity index (χ1) is 12.2. The molecule has 0 aliphatic heterocycles. The Balaban J connectivity index is 2.88. The maximum absolute atomic E-state index is 12.0. The molecule has 10 nitrogen and oxygen atoms in total. The van der Waals surface area contributed by atoms with Crippen molar-refractivity contribution in [2.75, 3.05) is 33.2 Å². The largest absolute Gasteiger partial charge is 0.493 e. The van der Waals surface area contributed by atoms with E-state index >= 15 is 0 Å². The number of nitrogens with one attached hydrogen (secondary N) is 2. The van der Waals surface area contributed by atoms with Crippen LogP contribution in [-0.4, -0.2) is 56.1 Å². The summed E-state index contributed by atoms with van der Waals surface area (Å²) >= 11 is 0. The van der Waals surface area contributed by atoms with Gasteiger partial charge in [-0.25, -0.2) is 4.79 Å². The molecule has 0 aliphatic rings. The summed E-state index contributed by atoms with van der Waals surface area (Å²) in [6.07, 6.45) is -0.632.